The number of imidazole rings is 1. The first-order valence-corrected chi connectivity index (χ1v) is 12.1. The minimum absolute atomic E-state index is 0.191. The van der Waals surface area contributed by atoms with E-state index >= 15 is 0 Å². The summed E-state index contributed by atoms with van der Waals surface area (Å²) in [5.41, 5.74) is 13.4. The fourth-order valence-electron chi connectivity index (χ4n) is 3.80. The van der Waals surface area contributed by atoms with E-state index in [9.17, 15) is 14.4 Å². The van der Waals surface area contributed by atoms with Crippen molar-refractivity contribution in [2.24, 2.45) is 11.5 Å². The normalized spacial score (nSPS) is 11.2. The maximum absolute atomic E-state index is 13.1. The number of esters is 1. The van der Waals surface area contributed by atoms with Crippen LogP contribution in [0.4, 0.5) is 5.95 Å². The van der Waals surface area contributed by atoms with Gasteiger partial charge in [0, 0.05) is 31.6 Å². The van der Waals surface area contributed by atoms with Crippen LogP contribution in [0, 0.1) is 6.92 Å². The van der Waals surface area contributed by atoms with Gasteiger partial charge in [-0.2, -0.15) is 5.10 Å². The summed E-state index contributed by atoms with van der Waals surface area (Å²) >= 11 is 0. The Morgan fingerprint density at radius 1 is 1.16 bits per heavy atom. The number of fused-ring (bicyclic) bond motifs is 1. The Kier molecular flexibility index (Phi) is 9.39. The van der Waals surface area contributed by atoms with Gasteiger partial charge in [0.15, 0.2) is 0 Å². The molecule has 2 heterocycles. The van der Waals surface area contributed by atoms with Gasteiger partial charge in [0.05, 0.1) is 24.4 Å². The molecule has 0 aliphatic carbocycles. The lowest BCUT2D eigenvalue weighted by atomic mass is 10.1. The molecule has 2 amide bonds. The van der Waals surface area contributed by atoms with Gasteiger partial charge in [0.25, 0.3) is 5.91 Å². The summed E-state index contributed by atoms with van der Waals surface area (Å²) in [6.45, 7) is 7.14. The van der Waals surface area contributed by atoms with Crippen molar-refractivity contribution >= 4 is 34.8 Å². The monoisotopic (exact) mass is 511 g/mol. The molecular formula is C25H33N7O5. The highest BCUT2D eigenvalue weighted by atomic mass is 16.5. The van der Waals surface area contributed by atoms with E-state index in [1.165, 1.54) is 6.07 Å². The lowest BCUT2D eigenvalue weighted by Crippen LogP contribution is -2.20. The number of nitrogens with two attached hydrogens (primary N) is 2. The Morgan fingerprint density at radius 2 is 1.95 bits per heavy atom. The molecule has 12 nitrogen and oxygen atoms in total. The van der Waals surface area contributed by atoms with Crippen LogP contribution in [-0.4, -0.2) is 56.9 Å². The standard InChI is InChI=1S/C25H33N7O5/c1-4-32-19(13-16(3)30-32)24(35)29-25-28-18-14-17(23(27)34)15-20(22(18)31(25)11-7-6-10-26)37-12-8-9-21(33)36-5-2/h6-7,13-15H,4-5,8-12,26H2,1-3H3,(H2,27,34)(H,28,29,35)/b7-6+. The predicted octanol–water partition coefficient (Wildman–Crippen LogP) is 2.15. The fourth-order valence-corrected chi connectivity index (χ4v) is 3.80. The molecule has 0 saturated carbocycles. The largest absolute Gasteiger partial charge is 0.491 e. The zero-order chi connectivity index (χ0) is 26.9. The van der Waals surface area contributed by atoms with E-state index in [1.807, 2.05) is 19.9 Å². The average Bonchev–Trinajstić information content (AvgIpc) is 3.41. The third-order valence-corrected chi connectivity index (χ3v) is 5.43. The summed E-state index contributed by atoms with van der Waals surface area (Å²) in [7, 11) is 0. The van der Waals surface area contributed by atoms with Crippen LogP contribution in [0.15, 0.2) is 30.4 Å². The lowest BCUT2D eigenvalue weighted by molar-refractivity contribution is -0.143. The van der Waals surface area contributed by atoms with E-state index in [0.717, 1.165) is 5.69 Å². The average molecular weight is 512 g/mol. The Hall–Kier alpha value is -4.19. The molecule has 0 fully saturated rings. The van der Waals surface area contributed by atoms with Gasteiger partial charge in [0.1, 0.15) is 17.0 Å². The molecule has 0 atom stereocenters. The van der Waals surface area contributed by atoms with Crippen molar-refractivity contribution in [3.63, 3.8) is 0 Å². The summed E-state index contributed by atoms with van der Waals surface area (Å²) in [6.07, 6.45) is 4.22. The van der Waals surface area contributed by atoms with Crippen molar-refractivity contribution in [3.05, 3.63) is 47.3 Å². The molecular weight excluding hydrogens is 478 g/mol. The number of primary amides is 1. The van der Waals surface area contributed by atoms with Crippen LogP contribution in [0.5, 0.6) is 5.75 Å². The van der Waals surface area contributed by atoms with E-state index in [4.69, 9.17) is 20.9 Å². The lowest BCUT2D eigenvalue weighted by Gasteiger charge is -2.13. The van der Waals surface area contributed by atoms with Crippen LogP contribution in [0.2, 0.25) is 0 Å². The summed E-state index contributed by atoms with van der Waals surface area (Å²) in [4.78, 5) is 41.4. The minimum atomic E-state index is -0.649. The molecule has 0 bridgehead atoms. The van der Waals surface area contributed by atoms with Crippen LogP contribution in [0.25, 0.3) is 11.0 Å². The number of nitrogens with zero attached hydrogens (tertiary/aromatic N) is 4. The molecule has 5 N–H and O–H groups in total. The zero-order valence-corrected chi connectivity index (χ0v) is 21.3. The van der Waals surface area contributed by atoms with Gasteiger partial charge >= 0.3 is 5.97 Å². The van der Waals surface area contributed by atoms with E-state index in [0.29, 0.717) is 55.1 Å². The second-order valence-corrected chi connectivity index (χ2v) is 8.16. The number of carbonyl (C=O) groups excluding carboxylic acids is 3. The first-order chi connectivity index (χ1) is 17.8. The van der Waals surface area contributed by atoms with Crippen LogP contribution >= 0.6 is 0 Å². The molecule has 0 aliphatic rings. The van der Waals surface area contributed by atoms with Gasteiger partial charge in [0.2, 0.25) is 11.9 Å². The maximum atomic E-state index is 13.1. The van der Waals surface area contributed by atoms with Gasteiger partial charge in [-0.15, -0.1) is 0 Å². The van der Waals surface area contributed by atoms with Crippen molar-refractivity contribution < 1.29 is 23.9 Å². The van der Waals surface area contributed by atoms with Gasteiger partial charge < -0.3 is 25.5 Å². The molecule has 1 aromatic carbocycles. The molecule has 0 spiro atoms. The fraction of sp³-hybridized carbons (Fsp3) is 0.400. The Labute approximate surface area is 214 Å². The summed E-state index contributed by atoms with van der Waals surface area (Å²) in [6, 6.07) is 4.77. The van der Waals surface area contributed by atoms with Crippen molar-refractivity contribution in [2.45, 2.75) is 46.7 Å². The first-order valence-electron chi connectivity index (χ1n) is 12.1. The van der Waals surface area contributed by atoms with Crippen molar-refractivity contribution in [1.82, 2.24) is 19.3 Å². The van der Waals surface area contributed by atoms with Gasteiger partial charge in [-0.1, -0.05) is 12.2 Å². The molecule has 0 unspecified atom stereocenters. The third-order valence-electron chi connectivity index (χ3n) is 5.43. The highest BCUT2D eigenvalue weighted by Gasteiger charge is 2.21. The number of amides is 2. The number of hydrogen-bond acceptors (Lipinski definition) is 8. The molecule has 37 heavy (non-hydrogen) atoms. The number of aromatic nitrogens is 4. The topological polar surface area (TPSA) is 169 Å². The van der Waals surface area contributed by atoms with E-state index in [2.05, 4.69) is 15.4 Å². The van der Waals surface area contributed by atoms with Crippen LogP contribution < -0.4 is 21.5 Å². The molecule has 0 radical (unpaired) electrons. The van der Waals surface area contributed by atoms with Crippen LogP contribution in [0.3, 0.4) is 0 Å². The van der Waals surface area contributed by atoms with E-state index < -0.39 is 5.91 Å². The summed E-state index contributed by atoms with van der Waals surface area (Å²) in [5, 5.41) is 7.19. The highest BCUT2D eigenvalue weighted by molar-refractivity contribution is 6.04. The first kappa shape index (κ1) is 27.4. The number of aryl methyl sites for hydroxylation is 2. The number of ether oxygens (including phenoxy) is 2. The number of allylic oxidation sites excluding steroid dienone is 1. The number of nitrogens with one attached hydrogen (secondary N) is 1. The molecule has 12 heteroatoms. The maximum Gasteiger partial charge on any atom is 0.305 e. The quantitative estimate of drug-likeness (QED) is 0.178. The Bertz CT molecular complexity index is 1310. The summed E-state index contributed by atoms with van der Waals surface area (Å²) < 4.78 is 14.3. The predicted molar refractivity (Wildman–Crippen MR) is 138 cm³/mol. The summed E-state index contributed by atoms with van der Waals surface area (Å²) in [5.74, 6) is -0.747. The smallest absolute Gasteiger partial charge is 0.305 e. The van der Waals surface area contributed by atoms with Crippen molar-refractivity contribution in [3.8, 4) is 5.75 Å². The SMILES string of the molecule is CCOC(=O)CCCOc1cc(C(N)=O)cc2nc(NC(=O)c3cc(C)nn3CC)n(C/C=C/CN)c12. The molecule has 198 valence electrons. The molecule has 0 saturated heterocycles. The Morgan fingerprint density at radius 3 is 2.62 bits per heavy atom. The van der Waals surface area contributed by atoms with Crippen molar-refractivity contribution in [2.75, 3.05) is 25.1 Å². The molecule has 3 rings (SSSR count). The molecule has 3 aromatic rings. The van der Waals surface area contributed by atoms with Crippen LogP contribution in [-0.2, 0) is 22.6 Å². The minimum Gasteiger partial charge on any atom is -0.491 e. The number of benzene rings is 1. The van der Waals surface area contributed by atoms with Gasteiger partial charge in [-0.25, -0.2) is 4.98 Å². The number of hydrogen-bond donors (Lipinski definition) is 3. The van der Waals surface area contributed by atoms with E-state index in [1.54, 1.807) is 34.4 Å². The van der Waals surface area contributed by atoms with Gasteiger partial charge in [-0.3, -0.25) is 24.4 Å². The second kappa shape index (κ2) is 12.7. The second-order valence-electron chi connectivity index (χ2n) is 8.16. The molecule has 2 aromatic heterocycles. The van der Waals surface area contributed by atoms with Gasteiger partial charge in [-0.05, 0) is 45.4 Å². The third kappa shape index (κ3) is 6.73. The van der Waals surface area contributed by atoms with E-state index in [-0.39, 0.29) is 36.4 Å². The van der Waals surface area contributed by atoms with Crippen molar-refractivity contribution in [1.29, 1.82) is 0 Å². The zero-order valence-electron chi connectivity index (χ0n) is 21.3. The Balaban J connectivity index is 2.01. The molecule has 0 aliphatic heterocycles. The number of anilines is 1. The highest BCUT2D eigenvalue weighted by Crippen LogP contribution is 2.31. The number of rotatable bonds is 13. The van der Waals surface area contributed by atoms with Crippen LogP contribution in [0.1, 0.15) is 53.2 Å². The number of carbonyl (C=O) groups is 3.